The molecule has 0 bridgehead atoms. The Hall–Kier alpha value is -4.61. The van der Waals surface area contributed by atoms with E-state index >= 15 is 0 Å². The predicted molar refractivity (Wildman–Crippen MR) is 125 cm³/mol. The van der Waals surface area contributed by atoms with Gasteiger partial charge in [-0.15, -0.1) is 0 Å². The van der Waals surface area contributed by atoms with Gasteiger partial charge in [0.25, 0.3) is 0 Å². The summed E-state index contributed by atoms with van der Waals surface area (Å²) in [6.07, 6.45) is -1.68. The molecule has 0 saturated carbocycles. The summed E-state index contributed by atoms with van der Waals surface area (Å²) in [6, 6.07) is 11.5. The van der Waals surface area contributed by atoms with E-state index in [1.165, 1.54) is 31.1 Å². The predicted octanol–water partition coefficient (Wildman–Crippen LogP) is 1.59. The molecule has 2 aromatic rings. The van der Waals surface area contributed by atoms with Gasteiger partial charge in [0.05, 0.1) is 0 Å². The van der Waals surface area contributed by atoms with Gasteiger partial charge in [0.2, 0.25) is 5.91 Å². The quantitative estimate of drug-likeness (QED) is 0.496. The number of imide groups is 1. The number of carbonyl (C=O) groups is 5. The lowest BCUT2D eigenvalue weighted by atomic mass is 10.1. The lowest BCUT2D eigenvalue weighted by Gasteiger charge is -2.22. The molecule has 5 amide bonds. The molecule has 1 aliphatic rings. The van der Waals surface area contributed by atoms with Crippen LogP contribution in [0.2, 0.25) is 0 Å². The molecule has 190 valence electrons. The summed E-state index contributed by atoms with van der Waals surface area (Å²) in [4.78, 5) is 62.9. The molecule has 12 heteroatoms. The molecular formula is C24H26N4O8. The van der Waals surface area contributed by atoms with Crippen molar-refractivity contribution in [3.63, 3.8) is 0 Å². The van der Waals surface area contributed by atoms with Gasteiger partial charge < -0.3 is 30.1 Å². The van der Waals surface area contributed by atoms with Crippen LogP contribution >= 0.6 is 0 Å². The zero-order valence-electron chi connectivity index (χ0n) is 19.7. The molecule has 1 unspecified atom stereocenters. The van der Waals surface area contributed by atoms with Crippen molar-refractivity contribution in [1.29, 1.82) is 0 Å². The van der Waals surface area contributed by atoms with Gasteiger partial charge in [-0.25, -0.2) is 24.1 Å². The minimum atomic E-state index is -1.34. The Bertz CT molecular complexity index is 1120. The SMILES string of the molecule is CN(C)C(=O)Oc1ccc(C[C@H](NC(=O)C2CNC(=O)N2C(=O)OCc2ccccc2)C(=O)O)cc1. The van der Waals surface area contributed by atoms with Gasteiger partial charge in [-0.3, -0.25) is 4.79 Å². The van der Waals surface area contributed by atoms with Crippen LogP contribution in [-0.4, -0.2) is 77.7 Å². The Balaban J connectivity index is 1.62. The molecule has 2 aromatic carbocycles. The number of ether oxygens (including phenoxy) is 2. The van der Waals surface area contributed by atoms with Gasteiger partial charge >= 0.3 is 24.2 Å². The van der Waals surface area contributed by atoms with Crippen molar-refractivity contribution < 1.29 is 38.6 Å². The fourth-order valence-corrected chi connectivity index (χ4v) is 3.30. The summed E-state index contributed by atoms with van der Waals surface area (Å²) < 4.78 is 10.3. The molecule has 1 fully saturated rings. The fourth-order valence-electron chi connectivity index (χ4n) is 3.30. The van der Waals surface area contributed by atoms with Gasteiger partial charge in [0.15, 0.2) is 0 Å². The van der Waals surface area contributed by atoms with Gasteiger partial charge in [-0.1, -0.05) is 42.5 Å². The summed E-state index contributed by atoms with van der Waals surface area (Å²) in [5.41, 5.74) is 1.24. The number of benzene rings is 2. The number of carboxylic acids is 1. The molecule has 1 aliphatic heterocycles. The highest BCUT2D eigenvalue weighted by Gasteiger charge is 2.42. The molecule has 1 saturated heterocycles. The molecule has 12 nitrogen and oxygen atoms in total. The van der Waals surface area contributed by atoms with E-state index in [1.807, 2.05) is 0 Å². The third kappa shape index (κ3) is 6.72. The number of nitrogens with zero attached hydrogens (tertiary/aromatic N) is 2. The molecule has 0 aromatic heterocycles. The fraction of sp³-hybridized carbons (Fsp3) is 0.292. The van der Waals surface area contributed by atoms with Crippen LogP contribution in [0.4, 0.5) is 14.4 Å². The van der Waals surface area contributed by atoms with Crippen molar-refractivity contribution in [2.24, 2.45) is 0 Å². The van der Waals surface area contributed by atoms with Crippen molar-refractivity contribution in [2.75, 3.05) is 20.6 Å². The molecule has 36 heavy (non-hydrogen) atoms. The Labute approximate surface area is 206 Å². The molecular weight excluding hydrogens is 472 g/mol. The zero-order chi connectivity index (χ0) is 26.2. The van der Waals surface area contributed by atoms with Crippen molar-refractivity contribution in [3.8, 4) is 5.75 Å². The highest BCUT2D eigenvalue weighted by molar-refractivity contribution is 6.00. The maximum Gasteiger partial charge on any atom is 0.419 e. The van der Waals surface area contributed by atoms with E-state index in [9.17, 15) is 29.1 Å². The van der Waals surface area contributed by atoms with E-state index in [1.54, 1.807) is 42.5 Å². The van der Waals surface area contributed by atoms with Crippen LogP contribution in [0.5, 0.6) is 5.75 Å². The van der Waals surface area contributed by atoms with Crippen molar-refractivity contribution >= 4 is 30.1 Å². The van der Waals surface area contributed by atoms with Crippen LogP contribution in [0.25, 0.3) is 0 Å². The number of amides is 5. The van der Waals surface area contributed by atoms with Crippen molar-refractivity contribution in [2.45, 2.75) is 25.1 Å². The Morgan fingerprint density at radius 2 is 1.75 bits per heavy atom. The zero-order valence-corrected chi connectivity index (χ0v) is 19.7. The molecule has 1 heterocycles. The first kappa shape index (κ1) is 26.0. The van der Waals surface area contributed by atoms with E-state index in [0.29, 0.717) is 16.0 Å². The maximum absolute atomic E-state index is 12.8. The van der Waals surface area contributed by atoms with E-state index in [2.05, 4.69) is 10.6 Å². The first-order valence-electron chi connectivity index (χ1n) is 10.9. The van der Waals surface area contributed by atoms with Crippen LogP contribution in [0.1, 0.15) is 11.1 Å². The number of nitrogens with one attached hydrogen (secondary N) is 2. The number of urea groups is 1. The third-order valence-corrected chi connectivity index (χ3v) is 5.23. The second-order valence-electron chi connectivity index (χ2n) is 8.12. The molecule has 3 N–H and O–H groups in total. The smallest absolute Gasteiger partial charge is 0.419 e. The van der Waals surface area contributed by atoms with E-state index in [-0.39, 0.29) is 25.3 Å². The minimum Gasteiger partial charge on any atom is -0.480 e. The Morgan fingerprint density at radius 3 is 2.36 bits per heavy atom. The summed E-state index contributed by atoms with van der Waals surface area (Å²) in [7, 11) is 3.07. The standard InChI is InChI=1S/C24H26N4O8/c1-27(2)23(33)36-17-10-8-15(9-11-17)12-18(21(30)31)26-20(29)19-13-25-22(32)28(19)24(34)35-14-16-6-4-3-5-7-16/h3-11,18-19H,12-14H2,1-2H3,(H,25,32)(H,26,29)(H,30,31)/t18-,19?/m0/s1. The summed E-state index contributed by atoms with van der Waals surface area (Å²) >= 11 is 0. The lowest BCUT2D eigenvalue weighted by Crippen LogP contribution is -2.53. The van der Waals surface area contributed by atoms with Crippen molar-refractivity contribution in [1.82, 2.24) is 20.4 Å². The second kappa shape index (κ2) is 11.7. The molecule has 0 aliphatic carbocycles. The van der Waals surface area contributed by atoms with Gasteiger partial charge in [0.1, 0.15) is 24.4 Å². The Kier molecular flexibility index (Phi) is 8.44. The Morgan fingerprint density at radius 1 is 1.08 bits per heavy atom. The van der Waals surface area contributed by atoms with Crippen LogP contribution in [0, 0.1) is 0 Å². The highest BCUT2D eigenvalue weighted by atomic mass is 16.6. The average molecular weight is 498 g/mol. The van der Waals surface area contributed by atoms with E-state index in [4.69, 9.17) is 9.47 Å². The van der Waals surface area contributed by atoms with Crippen LogP contribution in [0.15, 0.2) is 54.6 Å². The first-order chi connectivity index (χ1) is 17.2. The lowest BCUT2D eigenvalue weighted by molar-refractivity contribution is -0.142. The number of rotatable bonds is 8. The number of carbonyl (C=O) groups excluding carboxylic acids is 4. The second-order valence-corrected chi connectivity index (χ2v) is 8.12. The summed E-state index contributed by atoms with van der Waals surface area (Å²) in [6.45, 7) is -0.293. The number of aliphatic carboxylic acids is 1. The largest absolute Gasteiger partial charge is 0.480 e. The number of hydrogen-bond donors (Lipinski definition) is 3. The van der Waals surface area contributed by atoms with E-state index < -0.39 is 42.2 Å². The number of carboxylic acid groups (broad SMARTS) is 1. The first-order valence-corrected chi connectivity index (χ1v) is 10.9. The highest BCUT2D eigenvalue weighted by Crippen LogP contribution is 2.16. The van der Waals surface area contributed by atoms with Crippen LogP contribution in [-0.2, 0) is 27.4 Å². The molecule has 0 radical (unpaired) electrons. The normalized spacial score (nSPS) is 15.4. The number of hydrogen-bond acceptors (Lipinski definition) is 7. The average Bonchev–Trinajstić information content (AvgIpc) is 3.25. The van der Waals surface area contributed by atoms with E-state index in [0.717, 1.165) is 0 Å². The van der Waals surface area contributed by atoms with Crippen LogP contribution < -0.4 is 15.4 Å². The molecule has 0 spiro atoms. The van der Waals surface area contributed by atoms with Crippen LogP contribution in [0.3, 0.4) is 0 Å². The summed E-state index contributed by atoms with van der Waals surface area (Å²) in [5.74, 6) is -1.86. The molecule has 3 rings (SSSR count). The summed E-state index contributed by atoms with van der Waals surface area (Å²) in [5, 5.41) is 14.4. The van der Waals surface area contributed by atoms with Gasteiger partial charge in [0, 0.05) is 27.1 Å². The van der Waals surface area contributed by atoms with Gasteiger partial charge in [-0.05, 0) is 23.3 Å². The van der Waals surface area contributed by atoms with Gasteiger partial charge in [-0.2, -0.15) is 0 Å². The molecule has 2 atom stereocenters. The maximum atomic E-state index is 12.8. The van der Waals surface area contributed by atoms with Crippen molar-refractivity contribution in [3.05, 3.63) is 65.7 Å². The monoisotopic (exact) mass is 498 g/mol. The third-order valence-electron chi connectivity index (χ3n) is 5.23. The minimum absolute atomic E-state index is 0.0878. The topological polar surface area (TPSA) is 155 Å².